The highest BCUT2D eigenvalue weighted by atomic mass is 16.5. The monoisotopic (exact) mass is 341 g/mol. The van der Waals surface area contributed by atoms with Crippen LogP contribution in [0.25, 0.3) is 11.1 Å². The average molecular weight is 341 g/mol. The zero-order valence-electron chi connectivity index (χ0n) is 15.4. The number of nitrogens with zero attached hydrogens (tertiary/aromatic N) is 1. The van der Waals surface area contributed by atoms with E-state index in [2.05, 4.69) is 27.9 Å². The fourth-order valence-electron chi connectivity index (χ4n) is 3.97. The molecular formula is C20H27N3O2. The summed E-state index contributed by atoms with van der Waals surface area (Å²) < 4.78 is 5.37. The van der Waals surface area contributed by atoms with Gasteiger partial charge >= 0.3 is 0 Å². The lowest BCUT2D eigenvalue weighted by atomic mass is 9.85. The lowest BCUT2D eigenvalue weighted by molar-refractivity contribution is 0.0292. The second-order valence-corrected chi connectivity index (χ2v) is 7.49. The first-order valence-electron chi connectivity index (χ1n) is 9.34. The van der Waals surface area contributed by atoms with Crippen LogP contribution in [0.5, 0.6) is 0 Å². The van der Waals surface area contributed by atoms with Gasteiger partial charge in [-0.2, -0.15) is 0 Å². The molecule has 1 fully saturated rings. The third kappa shape index (κ3) is 2.61. The Morgan fingerprint density at radius 1 is 1.20 bits per heavy atom. The Balaban J connectivity index is 1.87. The Labute approximate surface area is 148 Å². The highest BCUT2D eigenvalue weighted by Gasteiger charge is 2.39. The molecule has 1 unspecified atom stereocenters. The molecular weight excluding hydrogens is 314 g/mol. The quantitative estimate of drug-likeness (QED) is 0.745. The van der Waals surface area contributed by atoms with Crippen LogP contribution < -0.4 is 10.6 Å². The molecule has 3 N–H and O–H groups in total. The topological polar surface area (TPSA) is 70.3 Å². The maximum absolute atomic E-state index is 11.3. The number of rotatable bonds is 5. The number of aliphatic hydroxyl groups is 1. The molecule has 2 aromatic rings. The van der Waals surface area contributed by atoms with E-state index >= 15 is 0 Å². The smallest absolute Gasteiger partial charge is 0.141 e. The second-order valence-electron chi connectivity index (χ2n) is 7.49. The standard InChI is InChI=1S/C20H27N3O2/c1-5-20(24,6-2)15-9-14(17-11(3)23-25-12(17)4)10-16-18(15)22-19(21-16)13-7-8-13/h9-10,13,19,21-22,24H,5-8H2,1-4H3. The normalized spacial score (nSPS) is 19.5. The van der Waals surface area contributed by atoms with E-state index in [1.807, 2.05) is 27.7 Å². The van der Waals surface area contributed by atoms with Gasteiger partial charge in [0.25, 0.3) is 0 Å². The van der Waals surface area contributed by atoms with E-state index in [1.165, 1.54) is 12.8 Å². The van der Waals surface area contributed by atoms with E-state index in [9.17, 15) is 5.11 Å². The van der Waals surface area contributed by atoms with Gasteiger partial charge in [0.2, 0.25) is 0 Å². The Morgan fingerprint density at radius 3 is 2.48 bits per heavy atom. The summed E-state index contributed by atoms with van der Waals surface area (Å²) in [5, 5.41) is 22.6. The maximum Gasteiger partial charge on any atom is 0.141 e. The van der Waals surface area contributed by atoms with Crippen molar-refractivity contribution < 1.29 is 9.63 Å². The number of benzene rings is 1. The van der Waals surface area contributed by atoms with E-state index in [0.717, 1.165) is 39.5 Å². The lowest BCUT2D eigenvalue weighted by Gasteiger charge is -2.28. The van der Waals surface area contributed by atoms with Gasteiger partial charge in [0.05, 0.1) is 28.8 Å². The van der Waals surface area contributed by atoms with Crippen LogP contribution in [-0.4, -0.2) is 16.4 Å². The number of hydrogen-bond acceptors (Lipinski definition) is 5. The van der Waals surface area contributed by atoms with Crippen LogP contribution >= 0.6 is 0 Å². The Kier molecular flexibility index (Phi) is 3.80. The maximum atomic E-state index is 11.3. The SMILES string of the molecule is CCC(O)(CC)c1cc(-c2c(C)noc2C)cc2c1NC(C1CC1)N2. The van der Waals surface area contributed by atoms with Crippen molar-refractivity contribution in [1.82, 2.24) is 5.16 Å². The minimum Gasteiger partial charge on any atom is -0.385 e. The number of anilines is 2. The van der Waals surface area contributed by atoms with Crippen molar-refractivity contribution >= 4 is 11.4 Å². The molecule has 25 heavy (non-hydrogen) atoms. The van der Waals surface area contributed by atoms with Crippen molar-refractivity contribution in [1.29, 1.82) is 0 Å². The number of hydrogen-bond donors (Lipinski definition) is 3. The molecule has 1 atom stereocenters. The van der Waals surface area contributed by atoms with E-state index < -0.39 is 5.60 Å². The van der Waals surface area contributed by atoms with Crippen LogP contribution in [-0.2, 0) is 5.60 Å². The molecule has 0 amide bonds. The van der Waals surface area contributed by atoms with Crippen molar-refractivity contribution in [3.05, 3.63) is 29.2 Å². The zero-order chi connectivity index (χ0) is 17.8. The van der Waals surface area contributed by atoms with E-state index in [0.29, 0.717) is 18.8 Å². The van der Waals surface area contributed by atoms with Gasteiger partial charge in [-0.15, -0.1) is 0 Å². The molecule has 1 aliphatic heterocycles. The molecule has 1 saturated carbocycles. The fourth-order valence-corrected chi connectivity index (χ4v) is 3.97. The number of fused-ring (bicyclic) bond motifs is 1. The van der Waals surface area contributed by atoms with Crippen LogP contribution in [0.3, 0.4) is 0 Å². The van der Waals surface area contributed by atoms with Gasteiger partial charge in [-0.1, -0.05) is 19.0 Å². The summed E-state index contributed by atoms with van der Waals surface area (Å²) in [5.41, 5.74) is 5.21. The summed E-state index contributed by atoms with van der Waals surface area (Å²) in [4.78, 5) is 0. The van der Waals surface area contributed by atoms with Gasteiger partial charge in [-0.05, 0) is 63.1 Å². The summed E-state index contributed by atoms with van der Waals surface area (Å²) in [6.45, 7) is 7.98. The zero-order valence-corrected chi connectivity index (χ0v) is 15.4. The minimum atomic E-state index is -0.841. The van der Waals surface area contributed by atoms with Crippen LogP contribution in [0.1, 0.15) is 56.5 Å². The molecule has 0 spiro atoms. The van der Waals surface area contributed by atoms with Crippen molar-refractivity contribution in [3.8, 4) is 11.1 Å². The Hall–Kier alpha value is -2.01. The first-order valence-corrected chi connectivity index (χ1v) is 9.34. The van der Waals surface area contributed by atoms with Gasteiger partial charge in [0.1, 0.15) is 5.76 Å². The molecule has 1 aromatic heterocycles. The van der Waals surface area contributed by atoms with Gasteiger partial charge in [0.15, 0.2) is 0 Å². The van der Waals surface area contributed by atoms with Crippen LogP contribution in [0.2, 0.25) is 0 Å². The second kappa shape index (κ2) is 5.77. The van der Waals surface area contributed by atoms with Gasteiger partial charge in [-0.3, -0.25) is 0 Å². The molecule has 1 aliphatic carbocycles. The van der Waals surface area contributed by atoms with Crippen molar-refractivity contribution in [2.75, 3.05) is 10.6 Å². The summed E-state index contributed by atoms with van der Waals surface area (Å²) in [6.07, 6.45) is 4.15. The third-order valence-corrected chi connectivity index (χ3v) is 5.84. The fraction of sp³-hybridized carbons (Fsp3) is 0.550. The number of aryl methyl sites for hydroxylation is 2. The van der Waals surface area contributed by atoms with Crippen LogP contribution in [0.4, 0.5) is 11.4 Å². The lowest BCUT2D eigenvalue weighted by Crippen LogP contribution is -2.27. The van der Waals surface area contributed by atoms with Gasteiger partial charge < -0.3 is 20.3 Å². The summed E-state index contributed by atoms with van der Waals surface area (Å²) in [5.74, 6) is 1.49. The summed E-state index contributed by atoms with van der Waals surface area (Å²) in [6, 6.07) is 4.27. The van der Waals surface area contributed by atoms with Crippen molar-refractivity contribution in [3.63, 3.8) is 0 Å². The van der Waals surface area contributed by atoms with Crippen LogP contribution in [0, 0.1) is 19.8 Å². The summed E-state index contributed by atoms with van der Waals surface area (Å²) >= 11 is 0. The molecule has 5 nitrogen and oxygen atoms in total. The molecule has 0 bridgehead atoms. The predicted molar refractivity (Wildman–Crippen MR) is 99.6 cm³/mol. The van der Waals surface area contributed by atoms with E-state index in [4.69, 9.17) is 4.52 Å². The van der Waals surface area contributed by atoms with E-state index in [-0.39, 0.29) is 6.17 Å². The molecule has 0 radical (unpaired) electrons. The average Bonchev–Trinajstić information content (AvgIpc) is 3.29. The molecule has 2 heterocycles. The highest BCUT2D eigenvalue weighted by molar-refractivity contribution is 5.85. The minimum absolute atomic E-state index is 0.270. The Bertz CT molecular complexity index is 784. The molecule has 1 aromatic carbocycles. The number of aromatic nitrogens is 1. The number of nitrogens with one attached hydrogen (secondary N) is 2. The highest BCUT2D eigenvalue weighted by Crippen LogP contribution is 2.47. The molecule has 5 heteroatoms. The van der Waals surface area contributed by atoms with Crippen molar-refractivity contribution in [2.45, 2.75) is 65.1 Å². The van der Waals surface area contributed by atoms with Gasteiger partial charge in [-0.25, -0.2) is 0 Å². The third-order valence-electron chi connectivity index (χ3n) is 5.84. The predicted octanol–water partition coefficient (Wildman–Crippen LogP) is 4.54. The van der Waals surface area contributed by atoms with E-state index in [1.54, 1.807) is 0 Å². The molecule has 2 aliphatic rings. The molecule has 0 saturated heterocycles. The van der Waals surface area contributed by atoms with Crippen molar-refractivity contribution in [2.24, 2.45) is 5.92 Å². The first kappa shape index (κ1) is 16.5. The van der Waals surface area contributed by atoms with Crippen LogP contribution in [0.15, 0.2) is 16.7 Å². The largest absolute Gasteiger partial charge is 0.385 e. The molecule has 4 rings (SSSR count). The summed E-state index contributed by atoms with van der Waals surface area (Å²) in [7, 11) is 0. The first-order chi connectivity index (χ1) is 12.0. The Morgan fingerprint density at radius 2 is 1.92 bits per heavy atom. The molecule has 134 valence electrons. The van der Waals surface area contributed by atoms with Gasteiger partial charge in [0, 0.05) is 11.1 Å².